The largest absolute Gasteiger partial charge is 0.392 e. The zero-order chi connectivity index (χ0) is 10.7. The van der Waals surface area contributed by atoms with Crippen LogP contribution >= 0.6 is 0 Å². The number of halogens is 3. The zero-order valence-corrected chi connectivity index (χ0v) is 7.52. The van der Waals surface area contributed by atoms with Crippen LogP contribution in [0.5, 0.6) is 0 Å². The van der Waals surface area contributed by atoms with E-state index in [1.54, 1.807) is 0 Å². The fourth-order valence-corrected chi connectivity index (χ4v) is 0.923. The summed E-state index contributed by atoms with van der Waals surface area (Å²) in [6.07, 6.45) is -0.647. The van der Waals surface area contributed by atoms with Crippen molar-refractivity contribution in [3.8, 4) is 0 Å². The first-order valence-corrected chi connectivity index (χ1v) is 4.07. The summed E-state index contributed by atoms with van der Waals surface area (Å²) >= 11 is 0. The fourth-order valence-electron chi connectivity index (χ4n) is 0.923. The van der Waals surface area contributed by atoms with Crippen LogP contribution in [-0.4, -0.2) is 17.8 Å². The number of anilines is 1. The van der Waals surface area contributed by atoms with Gasteiger partial charge in [-0.25, -0.2) is 13.2 Å². The quantitative estimate of drug-likeness (QED) is 0.738. The summed E-state index contributed by atoms with van der Waals surface area (Å²) in [7, 11) is 0. The minimum Gasteiger partial charge on any atom is -0.392 e. The molecule has 0 spiro atoms. The zero-order valence-electron chi connectivity index (χ0n) is 7.52. The average molecular weight is 205 g/mol. The van der Waals surface area contributed by atoms with Gasteiger partial charge >= 0.3 is 0 Å². The van der Waals surface area contributed by atoms with E-state index in [1.165, 1.54) is 6.92 Å². The van der Waals surface area contributed by atoms with Crippen molar-refractivity contribution in [1.29, 1.82) is 0 Å². The lowest BCUT2D eigenvalue weighted by Crippen LogP contribution is -2.15. The van der Waals surface area contributed by atoms with Crippen LogP contribution in [0.15, 0.2) is 12.1 Å². The molecule has 5 heteroatoms. The maximum Gasteiger partial charge on any atom is 0.194 e. The Labute approximate surface area is 79.4 Å². The van der Waals surface area contributed by atoms with Gasteiger partial charge in [0, 0.05) is 24.4 Å². The fraction of sp³-hybridized carbons (Fsp3) is 0.333. The minimum atomic E-state index is -1.49. The van der Waals surface area contributed by atoms with Crippen molar-refractivity contribution in [2.45, 2.75) is 13.0 Å². The second kappa shape index (κ2) is 4.32. The van der Waals surface area contributed by atoms with Gasteiger partial charge in [0.15, 0.2) is 17.5 Å². The summed E-state index contributed by atoms with van der Waals surface area (Å²) in [6.45, 7) is 1.66. The third-order valence-electron chi connectivity index (χ3n) is 1.59. The van der Waals surface area contributed by atoms with Gasteiger partial charge in [-0.2, -0.15) is 0 Å². The highest BCUT2D eigenvalue weighted by molar-refractivity contribution is 5.44. The minimum absolute atomic E-state index is 0.0994. The molecule has 0 aliphatic rings. The van der Waals surface area contributed by atoms with E-state index < -0.39 is 23.6 Å². The molecule has 0 saturated heterocycles. The second-order valence-electron chi connectivity index (χ2n) is 2.98. The molecule has 2 nitrogen and oxygen atoms in total. The number of hydrogen-bond donors (Lipinski definition) is 2. The Morgan fingerprint density at radius 3 is 2.21 bits per heavy atom. The van der Waals surface area contributed by atoms with E-state index in [1.807, 2.05) is 0 Å². The van der Waals surface area contributed by atoms with E-state index in [-0.39, 0.29) is 12.2 Å². The molecule has 1 atom stereocenters. The van der Waals surface area contributed by atoms with Crippen LogP contribution in [0.25, 0.3) is 0 Å². The maximum atomic E-state index is 12.6. The third kappa shape index (κ3) is 2.63. The van der Waals surface area contributed by atoms with Crippen LogP contribution in [0.2, 0.25) is 0 Å². The topological polar surface area (TPSA) is 32.3 Å². The van der Waals surface area contributed by atoms with Gasteiger partial charge < -0.3 is 10.4 Å². The highest BCUT2D eigenvalue weighted by atomic mass is 19.2. The van der Waals surface area contributed by atoms with Gasteiger partial charge in [0.2, 0.25) is 0 Å². The predicted octanol–water partition coefficient (Wildman–Crippen LogP) is 1.90. The molecule has 0 fully saturated rings. The molecule has 0 saturated carbocycles. The lowest BCUT2D eigenvalue weighted by atomic mass is 10.2. The summed E-state index contributed by atoms with van der Waals surface area (Å²) < 4.78 is 37.8. The van der Waals surface area contributed by atoms with Crippen LogP contribution < -0.4 is 5.32 Å². The van der Waals surface area contributed by atoms with Crippen molar-refractivity contribution in [1.82, 2.24) is 0 Å². The number of aliphatic hydroxyl groups excluding tert-OH is 1. The number of aliphatic hydroxyl groups is 1. The van der Waals surface area contributed by atoms with E-state index in [0.717, 1.165) is 12.1 Å². The van der Waals surface area contributed by atoms with Gasteiger partial charge in [-0.1, -0.05) is 0 Å². The first-order chi connectivity index (χ1) is 6.50. The monoisotopic (exact) mass is 205 g/mol. The van der Waals surface area contributed by atoms with E-state index >= 15 is 0 Å². The van der Waals surface area contributed by atoms with Crippen LogP contribution in [0.1, 0.15) is 6.92 Å². The molecule has 14 heavy (non-hydrogen) atoms. The lowest BCUT2D eigenvalue weighted by Gasteiger charge is -2.08. The highest BCUT2D eigenvalue weighted by Crippen LogP contribution is 2.17. The molecule has 0 heterocycles. The Hall–Kier alpha value is -1.23. The van der Waals surface area contributed by atoms with Crippen molar-refractivity contribution < 1.29 is 18.3 Å². The molecule has 0 unspecified atom stereocenters. The molecule has 1 rings (SSSR count). The second-order valence-corrected chi connectivity index (χ2v) is 2.98. The molecule has 2 N–H and O–H groups in total. The number of nitrogens with one attached hydrogen (secondary N) is 1. The SMILES string of the molecule is C[C@@H](O)CNc1cc(F)c(F)c(F)c1. The Morgan fingerprint density at radius 1 is 1.29 bits per heavy atom. The van der Waals surface area contributed by atoms with Crippen LogP contribution in [-0.2, 0) is 0 Å². The van der Waals surface area contributed by atoms with Gasteiger partial charge in [0.1, 0.15) is 0 Å². The van der Waals surface area contributed by atoms with E-state index in [2.05, 4.69) is 5.32 Å². The highest BCUT2D eigenvalue weighted by Gasteiger charge is 2.10. The third-order valence-corrected chi connectivity index (χ3v) is 1.59. The molecular formula is C9H10F3NO. The predicted molar refractivity (Wildman–Crippen MR) is 46.5 cm³/mol. The van der Waals surface area contributed by atoms with Gasteiger partial charge in [0.25, 0.3) is 0 Å². The molecule has 0 aliphatic heterocycles. The Morgan fingerprint density at radius 2 is 1.79 bits per heavy atom. The van der Waals surface area contributed by atoms with Gasteiger partial charge in [-0.3, -0.25) is 0 Å². The Kier molecular flexibility index (Phi) is 3.35. The standard InChI is InChI=1S/C9H10F3NO/c1-5(14)4-13-6-2-7(10)9(12)8(11)3-6/h2-3,5,13-14H,4H2,1H3/t5-/m1/s1. The van der Waals surface area contributed by atoms with Crippen molar-refractivity contribution in [3.05, 3.63) is 29.6 Å². The molecule has 78 valence electrons. The molecule has 0 aliphatic carbocycles. The van der Waals surface area contributed by atoms with Gasteiger partial charge in [-0.05, 0) is 6.92 Å². The molecule has 0 radical (unpaired) electrons. The first kappa shape index (κ1) is 10.8. The Bertz CT molecular complexity index is 305. The summed E-state index contributed by atoms with van der Waals surface area (Å²) in [5.74, 6) is -4.00. The molecule has 1 aromatic rings. The number of rotatable bonds is 3. The molecule has 1 aromatic carbocycles. The first-order valence-electron chi connectivity index (χ1n) is 4.07. The van der Waals surface area contributed by atoms with Gasteiger partial charge in [0.05, 0.1) is 6.10 Å². The Balaban J connectivity index is 2.79. The van der Waals surface area contributed by atoms with Crippen molar-refractivity contribution >= 4 is 5.69 Å². The van der Waals surface area contributed by atoms with E-state index in [9.17, 15) is 13.2 Å². The van der Waals surface area contributed by atoms with Crippen LogP contribution in [0.4, 0.5) is 18.9 Å². The van der Waals surface area contributed by atoms with Crippen molar-refractivity contribution in [2.75, 3.05) is 11.9 Å². The van der Waals surface area contributed by atoms with E-state index in [0.29, 0.717) is 0 Å². The number of hydrogen-bond acceptors (Lipinski definition) is 2. The van der Waals surface area contributed by atoms with Crippen LogP contribution in [0.3, 0.4) is 0 Å². The summed E-state index contributed by atoms with van der Waals surface area (Å²) in [5, 5.41) is 11.4. The van der Waals surface area contributed by atoms with Crippen molar-refractivity contribution in [3.63, 3.8) is 0 Å². The molecular weight excluding hydrogens is 195 g/mol. The number of benzene rings is 1. The van der Waals surface area contributed by atoms with E-state index in [4.69, 9.17) is 5.11 Å². The van der Waals surface area contributed by atoms with Gasteiger partial charge in [-0.15, -0.1) is 0 Å². The summed E-state index contributed by atoms with van der Waals surface area (Å²) in [6, 6.07) is 1.67. The summed E-state index contributed by atoms with van der Waals surface area (Å²) in [4.78, 5) is 0. The smallest absolute Gasteiger partial charge is 0.194 e. The normalized spacial score (nSPS) is 12.6. The lowest BCUT2D eigenvalue weighted by molar-refractivity contribution is 0.208. The van der Waals surface area contributed by atoms with Crippen molar-refractivity contribution in [2.24, 2.45) is 0 Å². The molecule has 0 amide bonds. The molecule has 0 aromatic heterocycles. The maximum absolute atomic E-state index is 12.6. The summed E-state index contributed by atoms with van der Waals surface area (Å²) in [5.41, 5.74) is 0.0994. The molecule has 0 bridgehead atoms. The average Bonchev–Trinajstić information content (AvgIpc) is 2.10. The van der Waals surface area contributed by atoms with Crippen LogP contribution in [0, 0.1) is 17.5 Å².